The fourth-order valence-corrected chi connectivity index (χ4v) is 1.36. The lowest BCUT2D eigenvalue weighted by molar-refractivity contribution is -0.384. The van der Waals surface area contributed by atoms with E-state index in [-0.39, 0.29) is 5.69 Å². The van der Waals surface area contributed by atoms with Gasteiger partial charge in [0.05, 0.1) is 23.2 Å². The lowest BCUT2D eigenvalue weighted by Gasteiger charge is -2.06. The van der Waals surface area contributed by atoms with Crippen molar-refractivity contribution in [2.75, 3.05) is 20.3 Å². The van der Waals surface area contributed by atoms with Crippen molar-refractivity contribution in [1.82, 2.24) is 5.48 Å². The fourth-order valence-electron chi connectivity index (χ4n) is 1.12. The van der Waals surface area contributed by atoms with Crippen LogP contribution < -0.4 is 5.48 Å². The third-order valence-corrected chi connectivity index (χ3v) is 2.35. The Morgan fingerprint density at radius 3 is 2.82 bits per heavy atom. The monoisotopic (exact) mass is 260 g/mol. The van der Waals surface area contributed by atoms with Crippen LogP contribution in [0.5, 0.6) is 0 Å². The normalized spacial score (nSPS) is 10.5. The van der Waals surface area contributed by atoms with Crippen LogP contribution in [0, 0.1) is 10.1 Å². The standard InChI is InChI=1S/C10H13ClN2O4/c1-16-4-5-17-12-7-8-2-3-9(13(14)15)6-10(8)11/h2-3,6,12H,4-5,7H2,1H3. The van der Waals surface area contributed by atoms with Gasteiger partial charge in [-0.05, 0) is 11.6 Å². The number of halogens is 1. The van der Waals surface area contributed by atoms with Crippen LogP contribution in [-0.4, -0.2) is 25.2 Å². The number of nitrogens with one attached hydrogen (secondary N) is 1. The second-order valence-corrected chi connectivity index (χ2v) is 3.60. The zero-order chi connectivity index (χ0) is 12.7. The highest BCUT2D eigenvalue weighted by molar-refractivity contribution is 6.31. The molecule has 0 saturated heterocycles. The predicted molar refractivity (Wildman–Crippen MR) is 62.8 cm³/mol. The number of nitrogens with zero attached hydrogens (tertiary/aromatic N) is 1. The summed E-state index contributed by atoms with van der Waals surface area (Å²) in [5.74, 6) is 0. The molecule has 94 valence electrons. The molecule has 0 aromatic heterocycles. The van der Waals surface area contributed by atoms with Gasteiger partial charge in [-0.3, -0.25) is 15.0 Å². The van der Waals surface area contributed by atoms with E-state index in [1.165, 1.54) is 12.1 Å². The molecular formula is C10H13ClN2O4. The SMILES string of the molecule is COCCONCc1ccc([N+](=O)[O-])cc1Cl. The Bertz CT molecular complexity index is 387. The average Bonchev–Trinajstić information content (AvgIpc) is 2.30. The molecule has 0 unspecified atom stereocenters. The summed E-state index contributed by atoms with van der Waals surface area (Å²) in [5, 5.41) is 10.8. The van der Waals surface area contributed by atoms with Crippen molar-refractivity contribution < 1.29 is 14.5 Å². The Morgan fingerprint density at radius 2 is 2.24 bits per heavy atom. The Labute approximate surface area is 104 Å². The quantitative estimate of drug-likeness (QED) is 0.461. The van der Waals surface area contributed by atoms with Crippen molar-refractivity contribution in [3.05, 3.63) is 38.9 Å². The van der Waals surface area contributed by atoms with E-state index in [9.17, 15) is 10.1 Å². The second kappa shape index (κ2) is 7.18. The first-order valence-corrected chi connectivity index (χ1v) is 5.29. The van der Waals surface area contributed by atoms with Gasteiger partial charge in [-0.1, -0.05) is 11.6 Å². The molecule has 6 nitrogen and oxygen atoms in total. The van der Waals surface area contributed by atoms with Crippen LogP contribution in [-0.2, 0) is 16.1 Å². The van der Waals surface area contributed by atoms with E-state index in [1.54, 1.807) is 13.2 Å². The van der Waals surface area contributed by atoms with Crippen LogP contribution in [0.4, 0.5) is 5.69 Å². The molecule has 1 aromatic rings. The van der Waals surface area contributed by atoms with Gasteiger partial charge in [0.2, 0.25) is 0 Å². The van der Waals surface area contributed by atoms with Crippen molar-refractivity contribution in [2.45, 2.75) is 6.54 Å². The topological polar surface area (TPSA) is 73.6 Å². The smallest absolute Gasteiger partial charge is 0.270 e. The van der Waals surface area contributed by atoms with E-state index in [0.717, 1.165) is 5.56 Å². The van der Waals surface area contributed by atoms with Crippen LogP contribution in [0.1, 0.15) is 5.56 Å². The summed E-state index contributed by atoms with van der Waals surface area (Å²) in [5.41, 5.74) is 3.39. The number of hydroxylamine groups is 1. The molecule has 0 saturated carbocycles. The Morgan fingerprint density at radius 1 is 1.47 bits per heavy atom. The summed E-state index contributed by atoms with van der Waals surface area (Å²) in [6.45, 7) is 1.28. The third kappa shape index (κ3) is 4.66. The average molecular weight is 261 g/mol. The number of hydrogen-bond donors (Lipinski definition) is 1. The fraction of sp³-hybridized carbons (Fsp3) is 0.400. The highest BCUT2D eigenvalue weighted by Crippen LogP contribution is 2.22. The molecule has 7 heteroatoms. The number of ether oxygens (including phenoxy) is 1. The van der Waals surface area contributed by atoms with Crippen molar-refractivity contribution in [3.63, 3.8) is 0 Å². The molecule has 0 bridgehead atoms. The highest BCUT2D eigenvalue weighted by Gasteiger charge is 2.08. The maximum absolute atomic E-state index is 10.5. The van der Waals surface area contributed by atoms with Crippen molar-refractivity contribution in [2.24, 2.45) is 0 Å². The molecule has 0 aliphatic rings. The van der Waals surface area contributed by atoms with Crippen LogP contribution in [0.15, 0.2) is 18.2 Å². The van der Waals surface area contributed by atoms with E-state index in [2.05, 4.69) is 5.48 Å². The van der Waals surface area contributed by atoms with Gasteiger partial charge in [0.25, 0.3) is 5.69 Å². The summed E-state index contributed by atoms with van der Waals surface area (Å²) >= 11 is 5.89. The first kappa shape index (κ1) is 13.9. The maximum Gasteiger partial charge on any atom is 0.270 e. The van der Waals surface area contributed by atoms with E-state index >= 15 is 0 Å². The minimum absolute atomic E-state index is 0.0287. The van der Waals surface area contributed by atoms with Crippen LogP contribution in [0.3, 0.4) is 0 Å². The van der Waals surface area contributed by atoms with Gasteiger partial charge in [-0.2, -0.15) is 5.48 Å². The van der Waals surface area contributed by atoms with Gasteiger partial charge in [-0.15, -0.1) is 0 Å². The number of methoxy groups -OCH3 is 1. The minimum Gasteiger partial charge on any atom is -0.382 e. The zero-order valence-corrected chi connectivity index (χ0v) is 10.1. The summed E-state index contributed by atoms with van der Waals surface area (Å²) in [6, 6.07) is 4.30. The minimum atomic E-state index is -0.488. The van der Waals surface area contributed by atoms with E-state index in [0.29, 0.717) is 24.8 Å². The molecule has 0 heterocycles. The number of nitro benzene ring substituents is 1. The summed E-state index contributed by atoms with van der Waals surface area (Å²) < 4.78 is 4.79. The van der Waals surface area contributed by atoms with Gasteiger partial charge in [0.1, 0.15) is 0 Å². The van der Waals surface area contributed by atoms with E-state index < -0.39 is 4.92 Å². The molecule has 0 fully saturated rings. The molecule has 17 heavy (non-hydrogen) atoms. The summed E-state index contributed by atoms with van der Waals surface area (Å²) in [6.07, 6.45) is 0. The Hall–Kier alpha value is -1.21. The molecule has 0 atom stereocenters. The summed E-state index contributed by atoms with van der Waals surface area (Å²) in [4.78, 5) is 15.0. The molecule has 0 amide bonds. The molecule has 1 rings (SSSR count). The lowest BCUT2D eigenvalue weighted by atomic mass is 10.2. The number of non-ortho nitro benzene ring substituents is 1. The number of hydrogen-bond acceptors (Lipinski definition) is 5. The highest BCUT2D eigenvalue weighted by atomic mass is 35.5. The Balaban J connectivity index is 2.46. The van der Waals surface area contributed by atoms with E-state index in [4.69, 9.17) is 21.2 Å². The summed E-state index contributed by atoms with van der Waals surface area (Å²) in [7, 11) is 1.58. The first-order valence-electron chi connectivity index (χ1n) is 4.91. The van der Waals surface area contributed by atoms with Crippen LogP contribution in [0.25, 0.3) is 0 Å². The van der Waals surface area contributed by atoms with Crippen molar-refractivity contribution in [3.8, 4) is 0 Å². The van der Waals surface area contributed by atoms with E-state index in [1.807, 2.05) is 0 Å². The molecule has 1 N–H and O–H groups in total. The number of nitro groups is 1. The van der Waals surface area contributed by atoms with Gasteiger partial charge in [0, 0.05) is 25.8 Å². The predicted octanol–water partition coefficient (Wildman–Crippen LogP) is 1.92. The molecule has 0 spiro atoms. The number of benzene rings is 1. The van der Waals surface area contributed by atoms with Gasteiger partial charge < -0.3 is 4.74 Å². The maximum atomic E-state index is 10.5. The molecule has 0 aliphatic heterocycles. The largest absolute Gasteiger partial charge is 0.382 e. The lowest BCUT2D eigenvalue weighted by Crippen LogP contribution is -2.17. The molecular weight excluding hydrogens is 248 g/mol. The third-order valence-electron chi connectivity index (χ3n) is 2.00. The number of rotatable bonds is 7. The Kier molecular flexibility index (Phi) is 5.85. The van der Waals surface area contributed by atoms with Crippen LogP contribution >= 0.6 is 11.6 Å². The van der Waals surface area contributed by atoms with Gasteiger partial charge in [-0.25, -0.2) is 0 Å². The van der Waals surface area contributed by atoms with Crippen molar-refractivity contribution in [1.29, 1.82) is 0 Å². The van der Waals surface area contributed by atoms with Gasteiger partial charge in [0.15, 0.2) is 0 Å². The van der Waals surface area contributed by atoms with Crippen LogP contribution in [0.2, 0.25) is 5.02 Å². The molecule has 1 aromatic carbocycles. The van der Waals surface area contributed by atoms with Crippen molar-refractivity contribution >= 4 is 17.3 Å². The molecule has 0 aliphatic carbocycles. The molecule has 0 radical (unpaired) electrons. The van der Waals surface area contributed by atoms with Gasteiger partial charge >= 0.3 is 0 Å². The first-order chi connectivity index (χ1) is 8.15. The second-order valence-electron chi connectivity index (χ2n) is 3.20. The zero-order valence-electron chi connectivity index (χ0n) is 9.31.